The van der Waals surface area contributed by atoms with Gasteiger partial charge in [0, 0.05) is 12.8 Å². The molecule has 33 heavy (non-hydrogen) atoms. The molecule has 1 aliphatic rings. The Morgan fingerprint density at radius 1 is 1.18 bits per heavy atom. The van der Waals surface area contributed by atoms with E-state index in [-0.39, 0.29) is 12.8 Å². The van der Waals surface area contributed by atoms with Crippen molar-refractivity contribution >= 4 is 17.7 Å². The number of aliphatic hydroxyl groups excluding tert-OH is 3. The SMILES string of the molecule is CCC(=O)N[C@@H]1C(OC[C@H](N)C(=O)N[C@@H](Cc2ccccc2)C(N)=O)OC(CO)[C@@H](O)[C@@H]1O. The van der Waals surface area contributed by atoms with E-state index in [1.165, 1.54) is 0 Å². The lowest BCUT2D eigenvalue weighted by atomic mass is 9.97. The number of nitrogens with one attached hydrogen (secondary N) is 2. The minimum atomic E-state index is -1.49. The molecule has 2 unspecified atom stereocenters. The molecule has 12 heteroatoms. The molecule has 1 heterocycles. The number of primary amides is 1. The number of hydrogen-bond acceptors (Lipinski definition) is 9. The highest BCUT2D eigenvalue weighted by Gasteiger charge is 2.45. The summed E-state index contributed by atoms with van der Waals surface area (Å²) < 4.78 is 11.0. The number of benzene rings is 1. The fourth-order valence-electron chi connectivity index (χ4n) is 3.29. The van der Waals surface area contributed by atoms with Crippen LogP contribution in [0.4, 0.5) is 0 Å². The fraction of sp³-hybridized carbons (Fsp3) is 0.571. The van der Waals surface area contributed by atoms with Gasteiger partial charge in [-0.2, -0.15) is 0 Å². The Morgan fingerprint density at radius 3 is 2.42 bits per heavy atom. The molecular weight excluding hydrogens is 436 g/mol. The van der Waals surface area contributed by atoms with E-state index >= 15 is 0 Å². The summed E-state index contributed by atoms with van der Waals surface area (Å²) in [6.07, 6.45) is -5.15. The Kier molecular flexibility index (Phi) is 10.2. The van der Waals surface area contributed by atoms with Gasteiger partial charge in [-0.15, -0.1) is 0 Å². The molecule has 184 valence electrons. The van der Waals surface area contributed by atoms with Crippen LogP contribution in [0.25, 0.3) is 0 Å². The highest BCUT2D eigenvalue weighted by atomic mass is 16.7. The van der Waals surface area contributed by atoms with Gasteiger partial charge < -0.3 is 46.9 Å². The predicted octanol–water partition coefficient (Wildman–Crippen LogP) is -3.12. The van der Waals surface area contributed by atoms with Crippen molar-refractivity contribution in [1.82, 2.24) is 10.6 Å². The Labute approximate surface area is 191 Å². The van der Waals surface area contributed by atoms with Gasteiger partial charge in [-0.05, 0) is 5.56 Å². The van der Waals surface area contributed by atoms with E-state index in [1.807, 2.05) is 6.07 Å². The molecule has 1 aliphatic heterocycles. The van der Waals surface area contributed by atoms with E-state index in [4.69, 9.17) is 20.9 Å². The number of ether oxygens (including phenoxy) is 2. The standard InChI is InChI=1S/C21H32N4O8/c1-2-15(27)25-16-18(29)17(28)14(9-26)33-21(16)32-10-12(22)20(31)24-13(19(23)30)8-11-6-4-3-5-7-11/h3-7,12-14,16-18,21,26,28-29H,2,8-10,22H2,1H3,(H2,23,30)(H,24,31)(H,25,27)/t12-,13-,14?,16-,17+,18+,21?/m0/s1. The Morgan fingerprint density at radius 2 is 1.85 bits per heavy atom. The molecule has 0 aliphatic carbocycles. The maximum atomic E-state index is 12.5. The van der Waals surface area contributed by atoms with Crippen molar-refractivity contribution in [2.75, 3.05) is 13.2 Å². The average molecular weight is 469 g/mol. The highest BCUT2D eigenvalue weighted by Crippen LogP contribution is 2.22. The van der Waals surface area contributed by atoms with Crippen LogP contribution in [0, 0.1) is 0 Å². The van der Waals surface area contributed by atoms with Crippen LogP contribution in [0.3, 0.4) is 0 Å². The summed E-state index contributed by atoms with van der Waals surface area (Å²) in [5.41, 5.74) is 12.1. The molecule has 0 saturated carbocycles. The summed E-state index contributed by atoms with van der Waals surface area (Å²) in [6.45, 7) is 0.574. The van der Waals surface area contributed by atoms with Gasteiger partial charge in [0.05, 0.1) is 13.2 Å². The Balaban J connectivity index is 2.00. The minimum absolute atomic E-state index is 0.104. The van der Waals surface area contributed by atoms with Gasteiger partial charge in [0.1, 0.15) is 36.4 Å². The van der Waals surface area contributed by atoms with Crippen LogP contribution >= 0.6 is 0 Å². The second-order valence-corrected chi connectivity index (χ2v) is 7.75. The molecule has 1 aromatic carbocycles. The maximum Gasteiger partial charge on any atom is 0.240 e. The normalized spacial score (nSPS) is 26.8. The lowest BCUT2D eigenvalue weighted by molar-refractivity contribution is -0.270. The lowest BCUT2D eigenvalue weighted by Crippen LogP contribution is -2.65. The van der Waals surface area contributed by atoms with E-state index in [9.17, 15) is 29.7 Å². The van der Waals surface area contributed by atoms with E-state index in [2.05, 4.69) is 10.6 Å². The molecule has 0 spiro atoms. The third-order valence-corrected chi connectivity index (χ3v) is 5.25. The van der Waals surface area contributed by atoms with Gasteiger partial charge in [0.15, 0.2) is 6.29 Å². The summed E-state index contributed by atoms with van der Waals surface area (Å²) in [7, 11) is 0. The molecule has 0 radical (unpaired) electrons. The first-order valence-corrected chi connectivity index (χ1v) is 10.6. The van der Waals surface area contributed by atoms with Gasteiger partial charge in [-0.25, -0.2) is 0 Å². The molecule has 0 bridgehead atoms. The molecule has 2 rings (SSSR count). The number of amides is 3. The van der Waals surface area contributed by atoms with E-state index < -0.39 is 73.7 Å². The highest BCUT2D eigenvalue weighted by molar-refractivity contribution is 5.89. The minimum Gasteiger partial charge on any atom is -0.394 e. The summed E-state index contributed by atoms with van der Waals surface area (Å²) in [5.74, 6) is -1.88. The molecule has 1 fully saturated rings. The van der Waals surface area contributed by atoms with Crippen molar-refractivity contribution in [1.29, 1.82) is 0 Å². The molecule has 7 atom stereocenters. The van der Waals surface area contributed by atoms with Crippen molar-refractivity contribution < 1.29 is 39.2 Å². The topological polar surface area (TPSA) is 206 Å². The van der Waals surface area contributed by atoms with E-state index in [0.717, 1.165) is 5.56 Å². The first-order chi connectivity index (χ1) is 15.7. The summed E-state index contributed by atoms with van der Waals surface area (Å²) in [6, 6.07) is 5.56. The molecule has 12 nitrogen and oxygen atoms in total. The van der Waals surface area contributed by atoms with E-state index in [1.54, 1.807) is 31.2 Å². The van der Waals surface area contributed by atoms with Crippen LogP contribution in [0.5, 0.6) is 0 Å². The van der Waals surface area contributed by atoms with Gasteiger partial charge >= 0.3 is 0 Å². The van der Waals surface area contributed by atoms with Crippen LogP contribution in [-0.2, 0) is 30.3 Å². The zero-order valence-corrected chi connectivity index (χ0v) is 18.3. The number of rotatable bonds is 11. The smallest absolute Gasteiger partial charge is 0.240 e. The molecule has 9 N–H and O–H groups in total. The van der Waals surface area contributed by atoms with Gasteiger partial charge in [-0.1, -0.05) is 37.3 Å². The van der Waals surface area contributed by atoms with Crippen molar-refractivity contribution in [2.24, 2.45) is 11.5 Å². The zero-order valence-electron chi connectivity index (χ0n) is 18.3. The molecule has 3 amide bonds. The number of aliphatic hydroxyl groups is 3. The van der Waals surface area contributed by atoms with Crippen LogP contribution in [0.15, 0.2) is 30.3 Å². The number of nitrogens with two attached hydrogens (primary N) is 2. The average Bonchev–Trinajstić information content (AvgIpc) is 2.81. The largest absolute Gasteiger partial charge is 0.394 e. The lowest BCUT2D eigenvalue weighted by Gasteiger charge is -2.42. The summed E-state index contributed by atoms with van der Waals surface area (Å²) >= 11 is 0. The van der Waals surface area contributed by atoms with Crippen molar-refractivity contribution in [2.45, 2.75) is 62.5 Å². The summed E-state index contributed by atoms with van der Waals surface area (Å²) in [4.78, 5) is 36.1. The number of hydrogen-bond donors (Lipinski definition) is 7. The second kappa shape index (κ2) is 12.6. The third kappa shape index (κ3) is 7.45. The van der Waals surface area contributed by atoms with Crippen LogP contribution in [0.1, 0.15) is 18.9 Å². The summed E-state index contributed by atoms with van der Waals surface area (Å²) in [5, 5.41) is 34.8. The molecule has 0 aromatic heterocycles. The van der Waals surface area contributed by atoms with E-state index in [0.29, 0.717) is 0 Å². The Hall–Kier alpha value is -2.61. The molecular formula is C21H32N4O8. The number of carbonyl (C=O) groups excluding carboxylic acids is 3. The zero-order chi connectivity index (χ0) is 24.5. The van der Waals surface area contributed by atoms with Crippen LogP contribution in [-0.4, -0.2) is 89.0 Å². The first-order valence-electron chi connectivity index (χ1n) is 10.6. The second-order valence-electron chi connectivity index (χ2n) is 7.75. The Bertz CT molecular complexity index is 796. The third-order valence-electron chi connectivity index (χ3n) is 5.25. The predicted molar refractivity (Wildman–Crippen MR) is 115 cm³/mol. The van der Waals surface area contributed by atoms with Crippen molar-refractivity contribution in [3.8, 4) is 0 Å². The molecule has 1 aromatic rings. The first kappa shape index (κ1) is 26.6. The fourth-order valence-corrected chi connectivity index (χ4v) is 3.29. The number of carbonyl (C=O) groups is 3. The maximum absolute atomic E-state index is 12.5. The van der Waals surface area contributed by atoms with Gasteiger partial charge in [0.25, 0.3) is 0 Å². The van der Waals surface area contributed by atoms with Crippen molar-refractivity contribution in [3.63, 3.8) is 0 Å². The van der Waals surface area contributed by atoms with Crippen LogP contribution < -0.4 is 22.1 Å². The quantitative estimate of drug-likeness (QED) is 0.175. The van der Waals surface area contributed by atoms with Gasteiger partial charge in [0.2, 0.25) is 17.7 Å². The van der Waals surface area contributed by atoms with Gasteiger partial charge in [-0.3, -0.25) is 14.4 Å². The monoisotopic (exact) mass is 468 g/mol. The van der Waals surface area contributed by atoms with Crippen LogP contribution in [0.2, 0.25) is 0 Å². The molecule has 1 saturated heterocycles. The van der Waals surface area contributed by atoms with Crippen molar-refractivity contribution in [3.05, 3.63) is 35.9 Å².